The highest BCUT2D eigenvalue weighted by molar-refractivity contribution is 5.73. The third kappa shape index (κ3) is 3.86. The summed E-state index contributed by atoms with van der Waals surface area (Å²) in [6.45, 7) is 4.62. The molecule has 2 rings (SSSR count). The Hall–Kier alpha value is -1.79. The maximum absolute atomic E-state index is 12.7. The summed E-state index contributed by atoms with van der Waals surface area (Å²) in [6.07, 6.45) is -1.87. The number of aromatic nitrogens is 1. The number of hydrogen-bond donors (Lipinski definition) is 1. The molecule has 7 heteroatoms. The Balaban J connectivity index is 2.07. The van der Waals surface area contributed by atoms with Crippen molar-refractivity contribution in [2.45, 2.75) is 38.4 Å². The van der Waals surface area contributed by atoms with Gasteiger partial charge in [0.2, 0.25) is 5.91 Å². The zero-order valence-electron chi connectivity index (χ0n) is 12.0. The summed E-state index contributed by atoms with van der Waals surface area (Å²) < 4.78 is 38.0. The normalized spacial score (nSPS) is 18.4. The number of carbonyl (C=O) groups is 1. The monoisotopic (exact) mass is 301 g/mol. The lowest BCUT2D eigenvalue weighted by Crippen LogP contribution is -2.53. The molecule has 0 aromatic carbocycles. The van der Waals surface area contributed by atoms with Gasteiger partial charge in [-0.1, -0.05) is 0 Å². The second-order valence-electron chi connectivity index (χ2n) is 5.63. The fourth-order valence-electron chi connectivity index (χ4n) is 2.58. The van der Waals surface area contributed by atoms with Gasteiger partial charge in [0.1, 0.15) is 5.69 Å². The van der Waals surface area contributed by atoms with E-state index in [0.717, 1.165) is 6.07 Å². The van der Waals surface area contributed by atoms with Gasteiger partial charge in [0, 0.05) is 37.4 Å². The number of hydrogen-bond acceptors (Lipinski definition) is 3. The zero-order valence-corrected chi connectivity index (χ0v) is 12.0. The first-order chi connectivity index (χ1) is 9.70. The molecule has 1 aliphatic heterocycles. The molecule has 0 radical (unpaired) electrons. The molecule has 21 heavy (non-hydrogen) atoms. The molecule has 0 atom stereocenters. The highest BCUT2D eigenvalue weighted by Gasteiger charge is 2.34. The van der Waals surface area contributed by atoms with Gasteiger partial charge in [-0.05, 0) is 31.9 Å². The smallest absolute Gasteiger partial charge is 0.371 e. The van der Waals surface area contributed by atoms with Crippen molar-refractivity contribution in [3.63, 3.8) is 0 Å². The Morgan fingerprint density at radius 1 is 1.38 bits per heavy atom. The van der Waals surface area contributed by atoms with Crippen LogP contribution in [0.2, 0.25) is 0 Å². The summed E-state index contributed by atoms with van der Waals surface area (Å²) in [6, 6.07) is 2.65. The molecule has 0 aliphatic carbocycles. The lowest BCUT2D eigenvalue weighted by Gasteiger charge is -2.40. The van der Waals surface area contributed by atoms with Gasteiger partial charge in [0.25, 0.3) is 0 Å². The molecule has 1 fully saturated rings. The number of piperidine rings is 1. The van der Waals surface area contributed by atoms with Crippen molar-refractivity contribution in [3.8, 4) is 0 Å². The van der Waals surface area contributed by atoms with Crippen LogP contribution in [0.4, 0.5) is 18.9 Å². The lowest BCUT2D eigenvalue weighted by atomic mass is 9.89. The average Bonchev–Trinajstić information content (AvgIpc) is 2.37. The first kappa shape index (κ1) is 15.6. The second-order valence-corrected chi connectivity index (χ2v) is 5.63. The number of rotatable bonds is 2. The van der Waals surface area contributed by atoms with Gasteiger partial charge in [-0.15, -0.1) is 0 Å². The van der Waals surface area contributed by atoms with Crippen molar-refractivity contribution < 1.29 is 18.0 Å². The van der Waals surface area contributed by atoms with Crippen molar-refractivity contribution in [2.24, 2.45) is 0 Å². The van der Waals surface area contributed by atoms with E-state index in [1.165, 1.54) is 13.1 Å². The van der Waals surface area contributed by atoms with E-state index < -0.39 is 11.9 Å². The predicted molar refractivity (Wildman–Crippen MR) is 72.9 cm³/mol. The Morgan fingerprint density at radius 3 is 2.52 bits per heavy atom. The number of carbonyl (C=O) groups excluding carboxylic acids is 1. The molecule has 1 aliphatic rings. The second kappa shape index (κ2) is 5.54. The fraction of sp³-hybridized carbons (Fsp3) is 0.571. The fourth-order valence-corrected chi connectivity index (χ4v) is 2.58. The summed E-state index contributed by atoms with van der Waals surface area (Å²) in [7, 11) is 0. The van der Waals surface area contributed by atoms with Crippen LogP contribution >= 0.6 is 0 Å². The van der Waals surface area contributed by atoms with E-state index in [9.17, 15) is 18.0 Å². The minimum absolute atomic E-state index is 0.0887. The number of nitrogens with one attached hydrogen (secondary N) is 1. The van der Waals surface area contributed by atoms with Gasteiger partial charge in [-0.3, -0.25) is 9.78 Å². The Morgan fingerprint density at radius 2 is 2.00 bits per heavy atom. The van der Waals surface area contributed by atoms with E-state index in [0.29, 0.717) is 31.6 Å². The van der Waals surface area contributed by atoms with E-state index in [-0.39, 0.29) is 11.4 Å². The summed E-state index contributed by atoms with van der Waals surface area (Å²) in [5.41, 5.74) is -0.653. The lowest BCUT2D eigenvalue weighted by molar-refractivity contribution is -0.141. The highest BCUT2D eigenvalue weighted by Crippen LogP contribution is 2.31. The Kier molecular flexibility index (Phi) is 4.11. The first-order valence-electron chi connectivity index (χ1n) is 6.77. The third-order valence-corrected chi connectivity index (χ3v) is 3.74. The standard InChI is InChI=1S/C14H18F3N3O/c1-10(21)19-13(2)4-7-20(8-5-13)11-3-6-18-12(9-11)14(15,16)17/h3,6,9H,4-5,7-8H2,1-2H3,(H,19,21). The quantitative estimate of drug-likeness (QED) is 0.913. The van der Waals surface area contributed by atoms with Gasteiger partial charge >= 0.3 is 6.18 Å². The Labute approximate surface area is 121 Å². The van der Waals surface area contributed by atoms with Crippen LogP contribution in [-0.2, 0) is 11.0 Å². The van der Waals surface area contributed by atoms with Crippen LogP contribution in [0.5, 0.6) is 0 Å². The zero-order chi connectivity index (χ0) is 15.7. The number of amides is 1. The minimum Gasteiger partial charge on any atom is -0.371 e. The number of nitrogens with zero attached hydrogens (tertiary/aromatic N) is 2. The van der Waals surface area contributed by atoms with E-state index in [2.05, 4.69) is 10.3 Å². The van der Waals surface area contributed by atoms with Gasteiger partial charge in [-0.25, -0.2) is 0 Å². The molecule has 1 aromatic heterocycles. The van der Waals surface area contributed by atoms with Crippen LogP contribution in [0.15, 0.2) is 18.3 Å². The van der Waals surface area contributed by atoms with Crippen molar-refractivity contribution in [1.82, 2.24) is 10.3 Å². The maximum Gasteiger partial charge on any atom is 0.433 e. The topological polar surface area (TPSA) is 45.2 Å². The van der Waals surface area contributed by atoms with E-state index in [1.807, 2.05) is 11.8 Å². The van der Waals surface area contributed by atoms with Crippen LogP contribution in [-0.4, -0.2) is 29.5 Å². The SMILES string of the molecule is CC(=O)NC1(C)CCN(c2ccnc(C(F)(F)F)c2)CC1. The first-order valence-corrected chi connectivity index (χ1v) is 6.77. The summed E-state index contributed by atoms with van der Waals surface area (Å²) >= 11 is 0. The highest BCUT2D eigenvalue weighted by atomic mass is 19.4. The van der Waals surface area contributed by atoms with E-state index in [1.54, 1.807) is 6.07 Å². The van der Waals surface area contributed by atoms with Crippen LogP contribution in [0.1, 0.15) is 32.4 Å². The van der Waals surface area contributed by atoms with E-state index in [4.69, 9.17) is 0 Å². The molecule has 0 bridgehead atoms. The van der Waals surface area contributed by atoms with Gasteiger partial charge < -0.3 is 10.2 Å². The molecule has 1 saturated heterocycles. The molecule has 2 heterocycles. The van der Waals surface area contributed by atoms with Gasteiger partial charge in [0.15, 0.2) is 0 Å². The molecule has 1 N–H and O–H groups in total. The van der Waals surface area contributed by atoms with Crippen molar-refractivity contribution in [2.75, 3.05) is 18.0 Å². The predicted octanol–water partition coefficient (Wildman–Crippen LogP) is 2.60. The van der Waals surface area contributed by atoms with Gasteiger partial charge in [0.05, 0.1) is 0 Å². The summed E-state index contributed by atoms with van der Waals surface area (Å²) in [5.74, 6) is -0.0887. The number of alkyl halides is 3. The third-order valence-electron chi connectivity index (χ3n) is 3.74. The molecular formula is C14H18F3N3O. The molecule has 0 saturated carbocycles. The molecule has 0 spiro atoms. The molecule has 4 nitrogen and oxygen atoms in total. The number of anilines is 1. The van der Waals surface area contributed by atoms with Crippen molar-refractivity contribution in [1.29, 1.82) is 0 Å². The van der Waals surface area contributed by atoms with Crippen molar-refractivity contribution >= 4 is 11.6 Å². The molecular weight excluding hydrogens is 283 g/mol. The van der Waals surface area contributed by atoms with Crippen LogP contribution in [0.3, 0.4) is 0 Å². The van der Waals surface area contributed by atoms with Crippen LogP contribution in [0, 0.1) is 0 Å². The van der Waals surface area contributed by atoms with Crippen LogP contribution in [0.25, 0.3) is 0 Å². The number of pyridine rings is 1. The molecule has 1 amide bonds. The molecule has 116 valence electrons. The number of halogens is 3. The Bertz CT molecular complexity index is 522. The minimum atomic E-state index is -4.43. The largest absolute Gasteiger partial charge is 0.433 e. The average molecular weight is 301 g/mol. The summed E-state index contributed by atoms with van der Waals surface area (Å²) in [5, 5.41) is 2.91. The van der Waals surface area contributed by atoms with Crippen molar-refractivity contribution in [3.05, 3.63) is 24.0 Å². The van der Waals surface area contributed by atoms with E-state index >= 15 is 0 Å². The summed E-state index contributed by atoms with van der Waals surface area (Å²) in [4.78, 5) is 16.4. The molecule has 0 unspecified atom stereocenters. The van der Waals surface area contributed by atoms with Crippen LogP contribution < -0.4 is 10.2 Å². The van der Waals surface area contributed by atoms with Gasteiger partial charge in [-0.2, -0.15) is 13.2 Å². The molecule has 1 aromatic rings. The maximum atomic E-state index is 12.7.